The molecule has 40 heavy (non-hydrogen) atoms. The maximum atomic E-state index is 11.0. The molecule has 1 aliphatic heterocycles. The van der Waals surface area contributed by atoms with Gasteiger partial charge in [-0.2, -0.15) is 0 Å². The van der Waals surface area contributed by atoms with Gasteiger partial charge in [-0.05, 0) is 43.0 Å². The first-order chi connectivity index (χ1) is 18.8. The minimum absolute atomic E-state index is 0.222. The van der Waals surface area contributed by atoms with Gasteiger partial charge in [-0.25, -0.2) is 4.79 Å². The van der Waals surface area contributed by atoms with Gasteiger partial charge >= 0.3 is 17.9 Å². The van der Waals surface area contributed by atoms with Gasteiger partial charge in [0.15, 0.2) is 17.1 Å². The maximum absolute atomic E-state index is 11.0. The van der Waals surface area contributed by atoms with Crippen LogP contribution in [0.3, 0.4) is 0 Å². The molecule has 0 bridgehead atoms. The van der Waals surface area contributed by atoms with Gasteiger partial charge in [-0.3, -0.25) is 14.5 Å². The van der Waals surface area contributed by atoms with Crippen molar-refractivity contribution in [2.75, 3.05) is 26.8 Å². The quantitative estimate of drug-likeness (QED) is 0.256. The van der Waals surface area contributed by atoms with Crippen LogP contribution in [0.4, 0.5) is 0 Å². The number of terminal acetylenes is 1. The molecule has 0 amide bonds. The van der Waals surface area contributed by atoms with Crippen molar-refractivity contribution in [1.29, 1.82) is 0 Å². The summed E-state index contributed by atoms with van der Waals surface area (Å²) in [6.45, 7) is 4.80. The number of carboxylic acid groups (broad SMARTS) is 3. The summed E-state index contributed by atoms with van der Waals surface area (Å²) in [7, 11) is 1.63. The zero-order chi connectivity index (χ0) is 29.9. The van der Waals surface area contributed by atoms with Gasteiger partial charge in [0.1, 0.15) is 6.61 Å². The van der Waals surface area contributed by atoms with Crippen LogP contribution in [0.1, 0.15) is 42.4 Å². The largest absolute Gasteiger partial charge is 0.493 e. The number of carbonyl (C=O) groups is 3. The summed E-state index contributed by atoms with van der Waals surface area (Å²) in [6.07, 6.45) is 4.43. The average Bonchev–Trinajstić information content (AvgIpc) is 2.89. The summed E-state index contributed by atoms with van der Waals surface area (Å²) in [5.74, 6) is -1.21. The van der Waals surface area contributed by atoms with Gasteiger partial charge in [-0.15, -0.1) is 6.42 Å². The molecule has 0 spiro atoms. The number of aliphatic hydroxyl groups is 2. The molecule has 2 aromatic rings. The van der Waals surface area contributed by atoms with E-state index < -0.39 is 42.0 Å². The first kappa shape index (κ1) is 32.1. The first-order valence-electron chi connectivity index (χ1n) is 12.5. The van der Waals surface area contributed by atoms with Crippen LogP contribution in [0.15, 0.2) is 42.5 Å². The number of nitrogens with zero attached hydrogens (tertiary/aromatic N) is 1. The minimum atomic E-state index is -2.74. The van der Waals surface area contributed by atoms with E-state index >= 15 is 0 Å². The summed E-state index contributed by atoms with van der Waals surface area (Å²) >= 11 is 0. The van der Waals surface area contributed by atoms with Crippen LogP contribution in [0, 0.1) is 19.3 Å². The molecule has 1 heterocycles. The maximum Gasteiger partial charge on any atom is 0.336 e. The Bertz CT molecular complexity index is 1190. The summed E-state index contributed by atoms with van der Waals surface area (Å²) in [6, 6.07) is 14.2. The van der Waals surface area contributed by atoms with Crippen molar-refractivity contribution in [3.63, 3.8) is 0 Å². The molecule has 2 aromatic carbocycles. The van der Waals surface area contributed by atoms with Crippen LogP contribution in [0.5, 0.6) is 11.5 Å². The highest BCUT2D eigenvalue weighted by Crippen LogP contribution is 2.34. The number of piperidine rings is 1. The third-order valence-corrected chi connectivity index (χ3v) is 6.50. The summed E-state index contributed by atoms with van der Waals surface area (Å²) in [4.78, 5) is 32.8. The Morgan fingerprint density at radius 1 is 1.00 bits per heavy atom. The molecule has 0 atom stereocenters. The van der Waals surface area contributed by atoms with Crippen LogP contribution in [0.2, 0.25) is 0 Å². The number of methoxy groups -OCH3 is 1. The lowest BCUT2D eigenvalue weighted by atomic mass is 9.84. The fraction of sp³-hybridized carbons (Fsp3) is 0.414. The lowest BCUT2D eigenvalue weighted by Crippen LogP contribution is -2.42. The van der Waals surface area contributed by atoms with E-state index in [-0.39, 0.29) is 6.61 Å². The molecule has 0 unspecified atom stereocenters. The molecule has 0 aromatic heterocycles. The molecule has 1 aliphatic rings. The monoisotopic (exact) mass is 557 g/mol. The number of hydrogen-bond acceptors (Lipinski definition) is 8. The topological polar surface area (TPSA) is 174 Å². The zero-order valence-corrected chi connectivity index (χ0v) is 22.5. The van der Waals surface area contributed by atoms with Crippen LogP contribution >= 0.6 is 0 Å². The van der Waals surface area contributed by atoms with E-state index in [1.54, 1.807) is 7.11 Å². The Kier molecular flexibility index (Phi) is 11.5. The lowest BCUT2D eigenvalue weighted by Gasteiger charge is -2.38. The fourth-order valence-electron chi connectivity index (χ4n) is 4.25. The van der Waals surface area contributed by atoms with Crippen molar-refractivity contribution in [2.45, 2.75) is 50.4 Å². The van der Waals surface area contributed by atoms with Gasteiger partial charge in [0.25, 0.3) is 0 Å². The molecule has 0 saturated carbocycles. The molecule has 3 rings (SSSR count). The van der Waals surface area contributed by atoms with E-state index in [0.29, 0.717) is 11.5 Å². The Morgan fingerprint density at radius 3 is 2.05 bits per heavy atom. The summed E-state index contributed by atoms with van der Waals surface area (Å²) in [5.41, 5.74) is -0.0829. The molecular formula is C29H35NO10. The standard InChI is InChI=1S/C23H27NO3.C6H8O7/c1-4-15-27-21-10-7-19(16-22(21)26-3)17-24-13-11-23(25,12-14-24)20-8-5-18(2)6-9-20;7-3(8)1-6(13,5(11)12)2-4(9)10/h1,5-10,16,25H,11-15,17H2,2-3H3;13H,1-2H2,(H,7,8)(H,9,10)(H,11,12). The zero-order valence-electron chi connectivity index (χ0n) is 22.5. The van der Waals surface area contributed by atoms with Crippen molar-refractivity contribution in [3.8, 4) is 23.8 Å². The second-order valence-electron chi connectivity index (χ2n) is 9.63. The van der Waals surface area contributed by atoms with Crippen molar-refractivity contribution >= 4 is 17.9 Å². The highest BCUT2D eigenvalue weighted by Gasteiger charge is 2.40. The highest BCUT2D eigenvalue weighted by atomic mass is 16.5. The normalized spacial score (nSPS) is 14.7. The number of carboxylic acids is 3. The number of ether oxygens (including phenoxy) is 2. The fourth-order valence-corrected chi connectivity index (χ4v) is 4.25. The number of likely N-dealkylation sites (tertiary alicyclic amines) is 1. The molecular weight excluding hydrogens is 522 g/mol. The van der Waals surface area contributed by atoms with Crippen molar-refractivity contribution in [2.24, 2.45) is 0 Å². The molecule has 216 valence electrons. The van der Waals surface area contributed by atoms with E-state index in [1.807, 2.05) is 30.3 Å². The Morgan fingerprint density at radius 2 is 1.57 bits per heavy atom. The highest BCUT2D eigenvalue weighted by molar-refractivity contribution is 5.88. The second-order valence-corrected chi connectivity index (χ2v) is 9.63. The molecule has 1 saturated heterocycles. The minimum Gasteiger partial charge on any atom is -0.493 e. The van der Waals surface area contributed by atoms with Crippen LogP contribution in [0.25, 0.3) is 0 Å². The van der Waals surface area contributed by atoms with E-state index in [9.17, 15) is 19.5 Å². The van der Waals surface area contributed by atoms with Crippen molar-refractivity contribution in [3.05, 3.63) is 59.2 Å². The number of aliphatic carboxylic acids is 3. The summed E-state index contributed by atoms with van der Waals surface area (Å²) < 4.78 is 10.9. The Labute approximate surface area is 232 Å². The number of benzene rings is 2. The van der Waals surface area contributed by atoms with E-state index in [1.165, 1.54) is 5.56 Å². The third kappa shape index (κ3) is 9.27. The number of hydrogen-bond donors (Lipinski definition) is 5. The van der Waals surface area contributed by atoms with Gasteiger partial charge in [0, 0.05) is 19.6 Å². The Hall–Kier alpha value is -4.11. The van der Waals surface area contributed by atoms with E-state index in [4.69, 9.17) is 36.3 Å². The molecule has 0 radical (unpaired) electrons. The average molecular weight is 558 g/mol. The molecule has 0 aliphatic carbocycles. The van der Waals surface area contributed by atoms with Gasteiger partial charge < -0.3 is 35.0 Å². The van der Waals surface area contributed by atoms with Gasteiger partial charge in [0.05, 0.1) is 25.6 Å². The van der Waals surface area contributed by atoms with E-state index in [2.05, 4.69) is 29.9 Å². The van der Waals surface area contributed by atoms with Crippen LogP contribution in [-0.4, -0.2) is 80.7 Å². The smallest absolute Gasteiger partial charge is 0.336 e. The predicted octanol–water partition coefficient (Wildman–Crippen LogP) is 2.25. The molecule has 1 fully saturated rings. The van der Waals surface area contributed by atoms with Crippen LogP contribution < -0.4 is 9.47 Å². The summed E-state index contributed by atoms with van der Waals surface area (Å²) in [5, 5.41) is 44.9. The second kappa shape index (κ2) is 14.3. The number of aryl methyl sites for hydroxylation is 1. The van der Waals surface area contributed by atoms with Gasteiger partial charge in [0.2, 0.25) is 0 Å². The van der Waals surface area contributed by atoms with Crippen molar-refractivity contribution < 1.29 is 49.4 Å². The third-order valence-electron chi connectivity index (χ3n) is 6.50. The van der Waals surface area contributed by atoms with Gasteiger partial charge in [-0.1, -0.05) is 41.8 Å². The predicted molar refractivity (Wildman–Crippen MR) is 144 cm³/mol. The van der Waals surface area contributed by atoms with E-state index in [0.717, 1.165) is 43.6 Å². The molecule has 11 nitrogen and oxygen atoms in total. The SMILES string of the molecule is C#CCOc1ccc(CN2CCC(O)(c3ccc(C)cc3)CC2)cc1OC.O=C(O)CC(O)(CC(=O)O)C(=O)O. The van der Waals surface area contributed by atoms with Crippen LogP contribution in [-0.2, 0) is 26.5 Å². The molecule has 11 heteroatoms. The molecule has 5 N–H and O–H groups in total. The Balaban J connectivity index is 0.000000366. The number of rotatable bonds is 11. The first-order valence-corrected chi connectivity index (χ1v) is 12.5. The lowest BCUT2D eigenvalue weighted by molar-refractivity contribution is -0.170. The van der Waals surface area contributed by atoms with Crippen molar-refractivity contribution in [1.82, 2.24) is 4.90 Å².